The number of hydrogen-bond donors (Lipinski definition) is 2. The molecule has 3 N–H and O–H groups in total. The average Bonchev–Trinajstić information content (AvgIpc) is 3.09. The molecule has 3 rings (SSSR count). The predicted molar refractivity (Wildman–Crippen MR) is 68.2 cm³/mol. The monoisotopic (exact) mass is 247 g/mol. The number of hydrogen-bond acceptors (Lipinski definition) is 4. The van der Waals surface area contributed by atoms with Gasteiger partial charge < -0.3 is 5.73 Å². The molecule has 2 aliphatic rings. The van der Waals surface area contributed by atoms with E-state index in [4.69, 9.17) is 5.73 Å². The minimum atomic E-state index is -0.117. The number of amides is 1. The van der Waals surface area contributed by atoms with Crippen molar-refractivity contribution in [2.24, 2.45) is 10.9 Å². The molecule has 1 aliphatic heterocycles. The second kappa shape index (κ2) is 3.83. The number of nitrogens with one attached hydrogen (secondary N) is 1. The standard InChI is InChI=1S/C12H17N5O/c1-6-7(2)14-12(15-11(6)18)17-10(13)5-9(16-17)8-3-4-8/h5-8H,3-4,13H2,1-2H3,(H,14,15,18). The third kappa shape index (κ3) is 1.77. The van der Waals surface area contributed by atoms with E-state index in [1.165, 1.54) is 17.5 Å². The van der Waals surface area contributed by atoms with Crippen LogP contribution in [0.5, 0.6) is 0 Å². The lowest BCUT2D eigenvalue weighted by Crippen LogP contribution is -2.47. The Balaban J connectivity index is 1.94. The molecule has 1 aromatic heterocycles. The summed E-state index contributed by atoms with van der Waals surface area (Å²) < 4.78 is 1.54. The van der Waals surface area contributed by atoms with Gasteiger partial charge in [-0.2, -0.15) is 9.78 Å². The topological polar surface area (TPSA) is 85.3 Å². The molecule has 1 aromatic rings. The molecule has 0 aromatic carbocycles. The fourth-order valence-electron chi connectivity index (χ4n) is 2.05. The molecule has 6 heteroatoms. The van der Waals surface area contributed by atoms with Crippen LogP contribution in [0.1, 0.15) is 38.3 Å². The second-order valence-corrected chi connectivity index (χ2v) is 5.15. The summed E-state index contributed by atoms with van der Waals surface area (Å²) in [5.74, 6) is 1.35. The van der Waals surface area contributed by atoms with E-state index in [1.54, 1.807) is 0 Å². The van der Waals surface area contributed by atoms with Gasteiger partial charge in [0.1, 0.15) is 5.82 Å². The van der Waals surface area contributed by atoms with Gasteiger partial charge in [-0.15, -0.1) is 0 Å². The summed E-state index contributed by atoms with van der Waals surface area (Å²) in [6.45, 7) is 3.78. The smallest absolute Gasteiger partial charge is 0.231 e. The molecule has 6 nitrogen and oxygen atoms in total. The normalized spacial score (nSPS) is 27.9. The Morgan fingerprint density at radius 1 is 1.44 bits per heavy atom. The Labute approximate surface area is 105 Å². The molecule has 0 bridgehead atoms. The van der Waals surface area contributed by atoms with Crippen LogP contribution in [0.15, 0.2) is 11.1 Å². The summed E-state index contributed by atoms with van der Waals surface area (Å²) in [7, 11) is 0. The number of nitrogens with zero attached hydrogens (tertiary/aromatic N) is 3. The first kappa shape index (κ1) is 11.3. The molecule has 1 fully saturated rings. The van der Waals surface area contributed by atoms with Gasteiger partial charge in [0.15, 0.2) is 0 Å². The minimum absolute atomic E-state index is 0.0321. The van der Waals surface area contributed by atoms with Crippen molar-refractivity contribution >= 4 is 17.7 Å². The molecule has 0 saturated heterocycles. The van der Waals surface area contributed by atoms with Crippen molar-refractivity contribution in [2.75, 3.05) is 5.73 Å². The summed E-state index contributed by atoms with van der Waals surface area (Å²) in [6.07, 6.45) is 2.34. The first-order valence-corrected chi connectivity index (χ1v) is 6.30. The van der Waals surface area contributed by atoms with Crippen LogP contribution in [0.3, 0.4) is 0 Å². The van der Waals surface area contributed by atoms with Gasteiger partial charge in [-0.3, -0.25) is 10.1 Å². The molecule has 96 valence electrons. The maximum Gasteiger partial charge on any atom is 0.231 e. The van der Waals surface area contributed by atoms with E-state index >= 15 is 0 Å². The van der Waals surface area contributed by atoms with Crippen molar-refractivity contribution in [1.82, 2.24) is 15.1 Å². The fraction of sp³-hybridized carbons (Fsp3) is 0.583. The van der Waals surface area contributed by atoms with Gasteiger partial charge in [-0.1, -0.05) is 6.92 Å². The Morgan fingerprint density at radius 2 is 2.17 bits per heavy atom. The molecule has 2 heterocycles. The van der Waals surface area contributed by atoms with Gasteiger partial charge in [0.25, 0.3) is 0 Å². The second-order valence-electron chi connectivity index (χ2n) is 5.15. The Bertz CT molecular complexity index is 529. The molecule has 0 radical (unpaired) electrons. The number of rotatable bonds is 1. The highest BCUT2D eigenvalue weighted by Crippen LogP contribution is 2.39. The van der Waals surface area contributed by atoms with Crippen molar-refractivity contribution in [2.45, 2.75) is 38.6 Å². The highest BCUT2D eigenvalue weighted by Gasteiger charge is 2.30. The van der Waals surface area contributed by atoms with Crippen LogP contribution in [0.4, 0.5) is 5.82 Å². The Kier molecular flexibility index (Phi) is 2.39. The van der Waals surface area contributed by atoms with Crippen LogP contribution in [0.25, 0.3) is 0 Å². The summed E-state index contributed by atoms with van der Waals surface area (Å²) >= 11 is 0. The lowest BCUT2D eigenvalue weighted by molar-refractivity contribution is -0.124. The Morgan fingerprint density at radius 3 is 2.78 bits per heavy atom. The third-order valence-electron chi connectivity index (χ3n) is 3.65. The highest BCUT2D eigenvalue weighted by atomic mass is 16.2. The summed E-state index contributed by atoms with van der Waals surface area (Å²) in [5.41, 5.74) is 6.93. The van der Waals surface area contributed by atoms with Gasteiger partial charge in [-0.25, -0.2) is 4.99 Å². The number of aromatic nitrogens is 2. The molecule has 1 saturated carbocycles. The van der Waals surface area contributed by atoms with Crippen LogP contribution in [0, 0.1) is 5.92 Å². The molecular formula is C12H17N5O. The van der Waals surface area contributed by atoms with E-state index in [9.17, 15) is 4.79 Å². The minimum Gasteiger partial charge on any atom is -0.383 e. The van der Waals surface area contributed by atoms with E-state index in [2.05, 4.69) is 15.4 Å². The molecule has 1 amide bonds. The highest BCUT2D eigenvalue weighted by molar-refractivity contribution is 6.01. The number of anilines is 1. The van der Waals surface area contributed by atoms with Crippen molar-refractivity contribution in [1.29, 1.82) is 0 Å². The number of aliphatic imine (C=N–C) groups is 1. The fourth-order valence-corrected chi connectivity index (χ4v) is 2.05. The summed E-state index contributed by atoms with van der Waals surface area (Å²) in [6, 6.07) is 1.82. The first-order valence-electron chi connectivity index (χ1n) is 6.30. The summed E-state index contributed by atoms with van der Waals surface area (Å²) in [5, 5.41) is 7.19. The largest absolute Gasteiger partial charge is 0.383 e. The van der Waals surface area contributed by atoms with Crippen LogP contribution in [-0.4, -0.2) is 27.7 Å². The van der Waals surface area contributed by atoms with Crippen LogP contribution in [-0.2, 0) is 4.79 Å². The molecule has 0 spiro atoms. The lowest BCUT2D eigenvalue weighted by atomic mass is 10.0. The van der Waals surface area contributed by atoms with Crippen LogP contribution < -0.4 is 11.1 Å². The zero-order valence-electron chi connectivity index (χ0n) is 10.6. The SMILES string of the molecule is CC1N=C(n2nc(C3CC3)cc2N)NC(=O)C1C. The average molecular weight is 247 g/mol. The number of carbonyl (C=O) groups excluding carboxylic acids is 1. The van der Waals surface area contributed by atoms with Gasteiger partial charge in [0, 0.05) is 12.0 Å². The quantitative estimate of drug-likeness (QED) is 0.766. The maximum absolute atomic E-state index is 11.8. The predicted octanol–water partition coefficient (Wildman–Crippen LogP) is 0.701. The van der Waals surface area contributed by atoms with E-state index in [1.807, 2.05) is 19.9 Å². The molecule has 2 unspecified atom stereocenters. The van der Waals surface area contributed by atoms with Gasteiger partial charge in [-0.05, 0) is 19.8 Å². The zero-order chi connectivity index (χ0) is 12.9. The number of nitrogens with two attached hydrogens (primary N) is 1. The van der Waals surface area contributed by atoms with Crippen LogP contribution in [0.2, 0.25) is 0 Å². The van der Waals surface area contributed by atoms with E-state index in [0.29, 0.717) is 17.7 Å². The summed E-state index contributed by atoms with van der Waals surface area (Å²) in [4.78, 5) is 16.2. The van der Waals surface area contributed by atoms with Crippen molar-refractivity contribution in [3.8, 4) is 0 Å². The van der Waals surface area contributed by atoms with Crippen molar-refractivity contribution in [3.05, 3.63) is 11.8 Å². The molecule has 2 atom stereocenters. The zero-order valence-corrected chi connectivity index (χ0v) is 10.6. The molecule has 18 heavy (non-hydrogen) atoms. The third-order valence-corrected chi connectivity index (χ3v) is 3.65. The maximum atomic E-state index is 11.8. The molecule has 1 aliphatic carbocycles. The van der Waals surface area contributed by atoms with Crippen LogP contribution >= 0.6 is 0 Å². The van der Waals surface area contributed by atoms with Gasteiger partial charge in [0.05, 0.1) is 17.7 Å². The molecular weight excluding hydrogens is 230 g/mol. The van der Waals surface area contributed by atoms with E-state index in [-0.39, 0.29) is 17.9 Å². The number of nitrogen functional groups attached to an aromatic ring is 1. The lowest BCUT2D eigenvalue weighted by Gasteiger charge is -2.23. The van der Waals surface area contributed by atoms with E-state index in [0.717, 1.165) is 5.69 Å². The Hall–Kier alpha value is -1.85. The van der Waals surface area contributed by atoms with Crippen molar-refractivity contribution < 1.29 is 4.79 Å². The van der Waals surface area contributed by atoms with Gasteiger partial charge >= 0.3 is 0 Å². The number of carbonyl (C=O) groups is 1. The van der Waals surface area contributed by atoms with Gasteiger partial charge in [0.2, 0.25) is 11.9 Å². The first-order chi connectivity index (χ1) is 8.56. The van der Waals surface area contributed by atoms with Crippen molar-refractivity contribution in [3.63, 3.8) is 0 Å². The van der Waals surface area contributed by atoms with E-state index < -0.39 is 0 Å².